The highest BCUT2D eigenvalue weighted by Gasteiger charge is 2.29. The normalized spacial score (nSPS) is 15.3. The van der Waals surface area contributed by atoms with Crippen molar-refractivity contribution in [2.45, 2.75) is 6.10 Å². The van der Waals surface area contributed by atoms with Crippen LogP contribution in [-0.2, 0) is 16.6 Å². The van der Waals surface area contributed by atoms with E-state index in [0.29, 0.717) is 13.1 Å². The molecule has 0 bridgehead atoms. The van der Waals surface area contributed by atoms with Crippen molar-refractivity contribution in [1.29, 1.82) is 0 Å². The van der Waals surface area contributed by atoms with Gasteiger partial charge in [-0.3, -0.25) is 9.48 Å². The van der Waals surface area contributed by atoms with Crippen molar-refractivity contribution in [3.05, 3.63) is 72.8 Å². The number of methoxy groups -OCH3 is 1. The summed E-state index contributed by atoms with van der Waals surface area (Å²) in [6.07, 6.45) is 7.21. The molecule has 1 aromatic carbocycles. The van der Waals surface area contributed by atoms with E-state index >= 15 is 0 Å². The molecule has 5 rings (SSSR count). The van der Waals surface area contributed by atoms with Crippen molar-refractivity contribution in [1.82, 2.24) is 24.3 Å². The SMILES string of the molecule is COC(C(=O)N1CCN(c2cnn3cc(-c4cnn(C)c4)ccc23)CC1)c1ccccc1. The molecule has 4 heterocycles. The van der Waals surface area contributed by atoms with E-state index in [2.05, 4.69) is 27.2 Å². The third-order valence-corrected chi connectivity index (χ3v) is 6.03. The Morgan fingerprint density at radius 2 is 1.72 bits per heavy atom. The Bertz CT molecular complexity index is 1220. The van der Waals surface area contributed by atoms with Gasteiger partial charge < -0.3 is 14.5 Å². The smallest absolute Gasteiger partial charge is 0.256 e. The Labute approximate surface area is 186 Å². The summed E-state index contributed by atoms with van der Waals surface area (Å²) in [5.74, 6) is 0.0133. The number of rotatable bonds is 5. The molecule has 0 saturated carbocycles. The number of anilines is 1. The highest BCUT2D eigenvalue weighted by molar-refractivity contribution is 5.83. The fourth-order valence-corrected chi connectivity index (χ4v) is 4.30. The van der Waals surface area contributed by atoms with E-state index in [1.807, 2.05) is 71.6 Å². The second-order valence-electron chi connectivity index (χ2n) is 8.02. The van der Waals surface area contributed by atoms with Crippen molar-refractivity contribution in [2.24, 2.45) is 7.05 Å². The van der Waals surface area contributed by atoms with Gasteiger partial charge in [-0.2, -0.15) is 10.2 Å². The standard InChI is InChI=1S/C24H26N6O2/c1-27-16-20(14-25-27)19-8-9-21-22(15-26-30(21)17-19)28-10-12-29(13-11-28)24(31)23(32-2)18-6-4-3-5-7-18/h3-9,14-17,23H,10-13H2,1-2H3. The van der Waals surface area contributed by atoms with Crippen LogP contribution in [0.4, 0.5) is 5.69 Å². The largest absolute Gasteiger partial charge is 0.367 e. The summed E-state index contributed by atoms with van der Waals surface area (Å²) in [6, 6.07) is 13.9. The molecule has 8 nitrogen and oxygen atoms in total. The van der Waals surface area contributed by atoms with Crippen LogP contribution < -0.4 is 4.90 Å². The van der Waals surface area contributed by atoms with Gasteiger partial charge in [0, 0.05) is 63.9 Å². The summed E-state index contributed by atoms with van der Waals surface area (Å²) in [7, 11) is 3.50. The molecule has 1 aliphatic rings. The lowest BCUT2D eigenvalue weighted by atomic mass is 10.1. The number of benzene rings is 1. The van der Waals surface area contributed by atoms with E-state index < -0.39 is 6.10 Å². The number of pyridine rings is 1. The number of carbonyl (C=O) groups is 1. The molecular formula is C24H26N6O2. The predicted octanol–water partition coefficient (Wildman–Crippen LogP) is 2.77. The third kappa shape index (κ3) is 3.73. The summed E-state index contributed by atoms with van der Waals surface area (Å²) in [4.78, 5) is 17.3. The Balaban J connectivity index is 1.29. The lowest BCUT2D eigenvalue weighted by Crippen LogP contribution is -2.50. The maximum atomic E-state index is 13.1. The topological polar surface area (TPSA) is 67.9 Å². The van der Waals surface area contributed by atoms with Crippen LogP contribution in [0.15, 0.2) is 67.3 Å². The summed E-state index contributed by atoms with van der Waals surface area (Å²) in [5.41, 5.74) is 5.15. The number of amides is 1. The first-order chi connectivity index (χ1) is 15.6. The molecule has 1 atom stereocenters. The molecule has 164 valence electrons. The van der Waals surface area contributed by atoms with Crippen LogP contribution in [0.1, 0.15) is 11.7 Å². The molecule has 1 fully saturated rings. The number of fused-ring (bicyclic) bond motifs is 1. The van der Waals surface area contributed by atoms with Crippen molar-refractivity contribution >= 4 is 17.1 Å². The number of carbonyl (C=O) groups excluding carboxylic acids is 1. The summed E-state index contributed by atoms with van der Waals surface area (Å²) < 4.78 is 9.23. The van der Waals surface area contributed by atoms with Gasteiger partial charge in [0.2, 0.25) is 0 Å². The first-order valence-electron chi connectivity index (χ1n) is 10.7. The van der Waals surface area contributed by atoms with Crippen LogP contribution in [0.5, 0.6) is 0 Å². The van der Waals surface area contributed by atoms with Crippen LogP contribution in [0, 0.1) is 0 Å². The molecule has 32 heavy (non-hydrogen) atoms. The summed E-state index contributed by atoms with van der Waals surface area (Å²) >= 11 is 0. The van der Waals surface area contributed by atoms with Gasteiger partial charge in [0.05, 0.1) is 23.6 Å². The molecule has 1 amide bonds. The van der Waals surface area contributed by atoms with Gasteiger partial charge in [0.15, 0.2) is 6.10 Å². The molecular weight excluding hydrogens is 404 g/mol. The fourth-order valence-electron chi connectivity index (χ4n) is 4.30. The van der Waals surface area contributed by atoms with Crippen molar-refractivity contribution in [3.8, 4) is 11.1 Å². The van der Waals surface area contributed by atoms with Gasteiger partial charge >= 0.3 is 0 Å². The van der Waals surface area contributed by atoms with Gasteiger partial charge in [0.1, 0.15) is 0 Å². The Morgan fingerprint density at radius 1 is 0.938 bits per heavy atom. The average Bonchev–Trinajstić information content (AvgIpc) is 3.46. The van der Waals surface area contributed by atoms with Crippen LogP contribution in [0.2, 0.25) is 0 Å². The highest BCUT2D eigenvalue weighted by atomic mass is 16.5. The molecule has 0 N–H and O–H groups in total. The highest BCUT2D eigenvalue weighted by Crippen LogP contribution is 2.27. The Morgan fingerprint density at radius 3 is 2.41 bits per heavy atom. The maximum Gasteiger partial charge on any atom is 0.256 e. The third-order valence-electron chi connectivity index (χ3n) is 6.03. The van der Waals surface area contributed by atoms with E-state index in [9.17, 15) is 4.79 Å². The second-order valence-corrected chi connectivity index (χ2v) is 8.02. The molecule has 4 aromatic rings. The number of hydrogen-bond acceptors (Lipinski definition) is 5. The zero-order chi connectivity index (χ0) is 22.1. The number of ether oxygens (including phenoxy) is 1. The first kappa shape index (κ1) is 20.3. The maximum absolute atomic E-state index is 13.1. The molecule has 1 unspecified atom stereocenters. The predicted molar refractivity (Wildman–Crippen MR) is 122 cm³/mol. The van der Waals surface area contributed by atoms with Crippen molar-refractivity contribution in [2.75, 3.05) is 38.2 Å². The van der Waals surface area contributed by atoms with Gasteiger partial charge in [-0.25, -0.2) is 4.52 Å². The van der Waals surface area contributed by atoms with E-state index in [1.54, 1.807) is 11.8 Å². The van der Waals surface area contributed by atoms with Gasteiger partial charge in [0.25, 0.3) is 5.91 Å². The fraction of sp³-hybridized carbons (Fsp3) is 0.292. The van der Waals surface area contributed by atoms with Crippen molar-refractivity contribution in [3.63, 3.8) is 0 Å². The minimum Gasteiger partial charge on any atom is -0.367 e. The lowest BCUT2D eigenvalue weighted by molar-refractivity contribution is -0.142. The second kappa shape index (κ2) is 8.47. The van der Waals surface area contributed by atoms with Gasteiger partial charge in [-0.15, -0.1) is 0 Å². The average molecular weight is 431 g/mol. The van der Waals surface area contributed by atoms with Crippen LogP contribution in [-0.4, -0.2) is 63.5 Å². The zero-order valence-corrected chi connectivity index (χ0v) is 18.3. The molecule has 1 aliphatic heterocycles. The number of hydrogen-bond donors (Lipinski definition) is 0. The first-order valence-corrected chi connectivity index (χ1v) is 10.7. The number of nitrogens with zero attached hydrogens (tertiary/aromatic N) is 6. The zero-order valence-electron chi connectivity index (χ0n) is 18.3. The Hall–Kier alpha value is -3.65. The minimum absolute atomic E-state index is 0.0133. The van der Waals surface area contributed by atoms with Gasteiger partial charge in [-0.05, 0) is 11.6 Å². The number of aryl methyl sites for hydroxylation is 1. The molecule has 1 saturated heterocycles. The summed E-state index contributed by atoms with van der Waals surface area (Å²) in [6.45, 7) is 2.80. The quantitative estimate of drug-likeness (QED) is 0.487. The van der Waals surface area contributed by atoms with Crippen LogP contribution in [0.3, 0.4) is 0 Å². The van der Waals surface area contributed by atoms with Gasteiger partial charge in [-0.1, -0.05) is 36.4 Å². The molecule has 0 aliphatic carbocycles. The number of aromatic nitrogens is 4. The van der Waals surface area contributed by atoms with Crippen molar-refractivity contribution < 1.29 is 9.53 Å². The summed E-state index contributed by atoms with van der Waals surface area (Å²) in [5, 5.41) is 8.82. The number of piperazine rings is 1. The Kier molecular flexibility index (Phi) is 5.36. The molecule has 8 heteroatoms. The minimum atomic E-state index is -0.564. The van der Waals surface area contributed by atoms with E-state index in [0.717, 1.165) is 41.0 Å². The van der Waals surface area contributed by atoms with E-state index in [4.69, 9.17) is 4.74 Å². The molecule has 0 radical (unpaired) electrons. The van der Waals surface area contributed by atoms with E-state index in [-0.39, 0.29) is 5.91 Å². The van der Waals surface area contributed by atoms with E-state index in [1.165, 1.54) is 0 Å². The molecule has 0 spiro atoms. The van der Waals surface area contributed by atoms with Crippen LogP contribution in [0.25, 0.3) is 16.6 Å². The lowest BCUT2D eigenvalue weighted by Gasteiger charge is -2.37. The monoisotopic (exact) mass is 430 g/mol. The van der Waals surface area contributed by atoms with Crippen LogP contribution >= 0.6 is 0 Å². The molecule has 3 aromatic heterocycles.